The van der Waals surface area contributed by atoms with Gasteiger partial charge in [0.15, 0.2) is 5.82 Å². The van der Waals surface area contributed by atoms with Gasteiger partial charge in [-0.15, -0.1) is 0 Å². The molecule has 1 N–H and O–H groups in total. The maximum Gasteiger partial charge on any atom is 0.164 e. The number of halogens is 4. The molecular weight excluding hydrogens is 336 g/mol. The number of nitrogens with one attached hydrogen (secondary N) is 1. The molecule has 0 saturated heterocycles. The van der Waals surface area contributed by atoms with Crippen molar-refractivity contribution in [3.8, 4) is 0 Å². The van der Waals surface area contributed by atoms with Crippen LogP contribution < -0.4 is 5.32 Å². The number of rotatable bonds is 3. The number of hydrogen-bond donors (Lipinski definition) is 1. The maximum atomic E-state index is 13.8. The lowest BCUT2D eigenvalue weighted by molar-refractivity contribution is 0.596. The van der Waals surface area contributed by atoms with E-state index < -0.39 is 5.82 Å². The van der Waals surface area contributed by atoms with Gasteiger partial charge in [-0.25, -0.2) is 8.78 Å². The largest absolute Gasteiger partial charge is 0.376 e. The van der Waals surface area contributed by atoms with Gasteiger partial charge >= 0.3 is 0 Å². The molecule has 19 heavy (non-hydrogen) atoms. The summed E-state index contributed by atoms with van der Waals surface area (Å²) < 4.78 is 28.2. The average Bonchev–Trinajstić information content (AvgIpc) is 2.38. The molecule has 0 spiro atoms. The highest BCUT2D eigenvalue weighted by atomic mass is 79.9. The van der Waals surface area contributed by atoms with Gasteiger partial charge in [-0.1, -0.05) is 33.6 Å². The number of benzene rings is 2. The quantitative estimate of drug-likeness (QED) is 0.768. The molecule has 0 fully saturated rings. The molecule has 1 unspecified atom stereocenters. The van der Waals surface area contributed by atoms with Crippen LogP contribution in [0, 0.1) is 11.6 Å². The molecule has 1 atom stereocenters. The smallest absolute Gasteiger partial charge is 0.164 e. The predicted octanol–water partition coefficient (Wildman–Crippen LogP) is 5.55. The molecule has 100 valence electrons. The zero-order valence-electron chi connectivity index (χ0n) is 10.1. The summed E-state index contributed by atoms with van der Waals surface area (Å²) in [6.45, 7) is 1.76. The van der Waals surface area contributed by atoms with E-state index in [9.17, 15) is 8.78 Å². The van der Waals surface area contributed by atoms with Crippen molar-refractivity contribution in [2.24, 2.45) is 0 Å². The topological polar surface area (TPSA) is 12.0 Å². The van der Waals surface area contributed by atoms with Gasteiger partial charge in [-0.3, -0.25) is 0 Å². The molecular formula is C14H11BrClF2N. The lowest BCUT2D eigenvalue weighted by Crippen LogP contribution is -2.10. The summed E-state index contributed by atoms with van der Waals surface area (Å²) in [5.74, 6) is -0.878. The Labute approximate surface area is 123 Å². The van der Waals surface area contributed by atoms with Gasteiger partial charge in [-0.2, -0.15) is 0 Å². The first-order valence-electron chi connectivity index (χ1n) is 5.64. The number of hydrogen-bond acceptors (Lipinski definition) is 1. The molecule has 0 aromatic heterocycles. The van der Waals surface area contributed by atoms with E-state index in [0.29, 0.717) is 5.56 Å². The average molecular weight is 347 g/mol. The van der Waals surface area contributed by atoms with Crippen LogP contribution in [0.4, 0.5) is 14.5 Å². The SMILES string of the molecule is CC(Nc1cccc(Cl)c1F)c1cc(Br)ccc1F. The van der Waals surface area contributed by atoms with Crippen LogP contribution in [-0.4, -0.2) is 0 Å². The Kier molecular flexibility index (Phi) is 4.42. The highest BCUT2D eigenvalue weighted by Gasteiger charge is 2.14. The highest BCUT2D eigenvalue weighted by molar-refractivity contribution is 9.10. The van der Waals surface area contributed by atoms with Crippen molar-refractivity contribution in [1.82, 2.24) is 0 Å². The van der Waals surface area contributed by atoms with E-state index in [1.54, 1.807) is 31.2 Å². The molecule has 0 aliphatic heterocycles. The molecule has 2 aromatic rings. The van der Waals surface area contributed by atoms with Crippen LogP contribution in [0.2, 0.25) is 5.02 Å². The molecule has 5 heteroatoms. The zero-order chi connectivity index (χ0) is 14.0. The number of anilines is 1. The van der Waals surface area contributed by atoms with Crippen molar-refractivity contribution in [2.45, 2.75) is 13.0 Å². The van der Waals surface area contributed by atoms with Crippen molar-refractivity contribution in [3.05, 3.63) is 63.1 Å². The van der Waals surface area contributed by atoms with Gasteiger partial charge in [0.2, 0.25) is 0 Å². The Morgan fingerprint density at radius 2 is 1.95 bits per heavy atom. The van der Waals surface area contributed by atoms with Gasteiger partial charge < -0.3 is 5.32 Å². The second-order valence-electron chi connectivity index (χ2n) is 4.13. The third-order valence-electron chi connectivity index (χ3n) is 2.75. The van der Waals surface area contributed by atoms with Gasteiger partial charge in [0.1, 0.15) is 5.82 Å². The fraction of sp³-hybridized carbons (Fsp3) is 0.143. The Morgan fingerprint density at radius 3 is 2.68 bits per heavy atom. The lowest BCUT2D eigenvalue weighted by Gasteiger charge is -2.17. The standard InChI is InChI=1S/C14H11BrClF2N/c1-8(10-7-9(15)5-6-12(10)17)19-13-4-2-3-11(16)14(13)18/h2-8,19H,1H3. The summed E-state index contributed by atoms with van der Waals surface area (Å²) in [5, 5.41) is 2.95. The summed E-state index contributed by atoms with van der Waals surface area (Å²) in [5.41, 5.74) is 0.702. The van der Waals surface area contributed by atoms with Crippen molar-refractivity contribution < 1.29 is 8.78 Å². The van der Waals surface area contributed by atoms with Crippen LogP contribution in [0.15, 0.2) is 40.9 Å². The molecule has 2 rings (SSSR count). The first kappa shape index (κ1) is 14.3. The van der Waals surface area contributed by atoms with Gasteiger partial charge in [0.25, 0.3) is 0 Å². The summed E-state index contributed by atoms with van der Waals surface area (Å²) in [4.78, 5) is 0. The molecule has 0 amide bonds. The Balaban J connectivity index is 2.28. The first-order chi connectivity index (χ1) is 8.99. The van der Waals surface area contributed by atoms with Crippen LogP contribution in [-0.2, 0) is 0 Å². The van der Waals surface area contributed by atoms with Gasteiger partial charge in [-0.05, 0) is 37.3 Å². The summed E-state index contributed by atoms with van der Waals surface area (Å²) in [7, 11) is 0. The van der Waals surface area contributed by atoms with Crippen LogP contribution >= 0.6 is 27.5 Å². The van der Waals surface area contributed by atoms with E-state index in [-0.39, 0.29) is 22.6 Å². The fourth-order valence-corrected chi connectivity index (χ4v) is 2.33. The second kappa shape index (κ2) is 5.88. The highest BCUT2D eigenvalue weighted by Crippen LogP contribution is 2.28. The minimum atomic E-state index is -0.536. The van der Waals surface area contributed by atoms with E-state index in [4.69, 9.17) is 11.6 Å². The van der Waals surface area contributed by atoms with Gasteiger partial charge in [0.05, 0.1) is 16.8 Å². The Hall–Kier alpha value is -1.13. The van der Waals surface area contributed by atoms with Crippen LogP contribution in [0.1, 0.15) is 18.5 Å². The molecule has 0 radical (unpaired) electrons. The normalized spacial score (nSPS) is 12.3. The molecule has 0 bridgehead atoms. The van der Waals surface area contributed by atoms with Crippen molar-refractivity contribution in [2.75, 3.05) is 5.32 Å². The molecule has 0 heterocycles. The Morgan fingerprint density at radius 1 is 1.21 bits per heavy atom. The van der Waals surface area contributed by atoms with E-state index in [1.165, 1.54) is 12.1 Å². The van der Waals surface area contributed by atoms with Crippen molar-refractivity contribution >= 4 is 33.2 Å². The zero-order valence-corrected chi connectivity index (χ0v) is 12.4. The predicted molar refractivity (Wildman–Crippen MR) is 77.5 cm³/mol. The molecule has 0 saturated carbocycles. The third kappa shape index (κ3) is 3.25. The minimum Gasteiger partial charge on any atom is -0.376 e. The third-order valence-corrected chi connectivity index (χ3v) is 3.53. The molecule has 2 aromatic carbocycles. The maximum absolute atomic E-state index is 13.8. The summed E-state index contributed by atoms with van der Waals surface area (Å²) in [6, 6.07) is 8.93. The van der Waals surface area contributed by atoms with E-state index in [1.807, 2.05) is 0 Å². The molecule has 0 aliphatic carbocycles. The first-order valence-corrected chi connectivity index (χ1v) is 6.81. The van der Waals surface area contributed by atoms with E-state index in [2.05, 4.69) is 21.2 Å². The van der Waals surface area contributed by atoms with E-state index in [0.717, 1.165) is 4.47 Å². The van der Waals surface area contributed by atoms with Crippen LogP contribution in [0.25, 0.3) is 0 Å². The van der Waals surface area contributed by atoms with Crippen LogP contribution in [0.5, 0.6) is 0 Å². The van der Waals surface area contributed by atoms with E-state index >= 15 is 0 Å². The summed E-state index contributed by atoms with van der Waals surface area (Å²) in [6.07, 6.45) is 0. The second-order valence-corrected chi connectivity index (χ2v) is 5.46. The monoisotopic (exact) mass is 345 g/mol. The van der Waals surface area contributed by atoms with Gasteiger partial charge in [0, 0.05) is 10.0 Å². The summed E-state index contributed by atoms with van der Waals surface area (Å²) >= 11 is 8.99. The van der Waals surface area contributed by atoms with Crippen LogP contribution in [0.3, 0.4) is 0 Å². The minimum absolute atomic E-state index is 0.0342. The van der Waals surface area contributed by atoms with Crippen molar-refractivity contribution in [1.29, 1.82) is 0 Å². The Bertz CT molecular complexity index is 604. The lowest BCUT2D eigenvalue weighted by atomic mass is 10.1. The van der Waals surface area contributed by atoms with Crippen molar-refractivity contribution in [3.63, 3.8) is 0 Å². The molecule has 1 nitrogen and oxygen atoms in total. The molecule has 0 aliphatic rings. The fourth-order valence-electron chi connectivity index (χ4n) is 1.77.